The van der Waals surface area contributed by atoms with E-state index >= 15 is 0 Å². The van der Waals surface area contributed by atoms with Gasteiger partial charge < -0.3 is 15.8 Å². The zero-order valence-corrected chi connectivity index (χ0v) is 13.2. The lowest BCUT2D eigenvalue weighted by molar-refractivity contribution is 0.414. The summed E-state index contributed by atoms with van der Waals surface area (Å²) in [5, 5.41) is 3.69. The van der Waals surface area contributed by atoms with Crippen molar-refractivity contribution >= 4 is 45.7 Å². The molecule has 0 unspecified atom stereocenters. The van der Waals surface area contributed by atoms with Gasteiger partial charge in [0.05, 0.1) is 17.8 Å². The van der Waals surface area contributed by atoms with E-state index in [-0.39, 0.29) is 0 Å². The van der Waals surface area contributed by atoms with Gasteiger partial charge in [0.2, 0.25) is 0 Å². The van der Waals surface area contributed by atoms with Gasteiger partial charge in [-0.3, -0.25) is 0 Å². The van der Waals surface area contributed by atoms with Crippen LogP contribution in [0.5, 0.6) is 5.75 Å². The highest BCUT2D eigenvalue weighted by Gasteiger charge is 2.07. The first-order chi connectivity index (χ1) is 9.10. The van der Waals surface area contributed by atoms with E-state index in [1.165, 1.54) is 0 Å². The number of anilines is 2. The van der Waals surface area contributed by atoms with Crippen molar-refractivity contribution < 1.29 is 4.74 Å². The molecule has 19 heavy (non-hydrogen) atoms. The number of hydrogen-bond donors (Lipinski definition) is 2. The van der Waals surface area contributed by atoms with Crippen molar-refractivity contribution in [3.05, 3.63) is 44.6 Å². The lowest BCUT2D eigenvalue weighted by Gasteiger charge is -2.10. The molecule has 0 fully saturated rings. The molecule has 1 heterocycles. The van der Waals surface area contributed by atoms with Gasteiger partial charge in [0.15, 0.2) is 5.82 Å². The molecule has 1 aromatic heterocycles. The summed E-state index contributed by atoms with van der Waals surface area (Å²) in [6.07, 6.45) is 0. The monoisotopic (exact) mass is 389 g/mol. The van der Waals surface area contributed by atoms with Crippen molar-refractivity contribution in [1.82, 2.24) is 4.98 Å². The highest BCUT2D eigenvalue weighted by Crippen LogP contribution is 2.27. The SMILES string of the molecule is COc1ccc(CNc2nc(I)cc(Cl)c2N)cc1. The van der Waals surface area contributed by atoms with Crippen LogP contribution in [0, 0.1) is 3.70 Å². The molecule has 2 rings (SSSR count). The smallest absolute Gasteiger partial charge is 0.152 e. The van der Waals surface area contributed by atoms with Crippen LogP contribution in [0.15, 0.2) is 30.3 Å². The van der Waals surface area contributed by atoms with Gasteiger partial charge in [0, 0.05) is 6.54 Å². The van der Waals surface area contributed by atoms with Crippen molar-refractivity contribution in [2.75, 3.05) is 18.2 Å². The van der Waals surface area contributed by atoms with Gasteiger partial charge in [0.1, 0.15) is 9.45 Å². The summed E-state index contributed by atoms with van der Waals surface area (Å²) in [6.45, 7) is 0.623. The zero-order valence-electron chi connectivity index (χ0n) is 10.3. The van der Waals surface area contributed by atoms with Crippen molar-refractivity contribution in [3.8, 4) is 5.75 Å². The van der Waals surface area contributed by atoms with Crippen molar-refractivity contribution in [2.45, 2.75) is 6.54 Å². The van der Waals surface area contributed by atoms with E-state index in [9.17, 15) is 0 Å². The van der Waals surface area contributed by atoms with Crippen LogP contribution in [0.2, 0.25) is 5.02 Å². The predicted octanol–water partition coefficient (Wildman–Crippen LogP) is 3.54. The molecule has 0 aliphatic heterocycles. The number of rotatable bonds is 4. The van der Waals surface area contributed by atoms with Crippen LogP contribution >= 0.6 is 34.2 Å². The van der Waals surface area contributed by atoms with Crippen LogP contribution in [0.4, 0.5) is 11.5 Å². The van der Waals surface area contributed by atoms with Crippen molar-refractivity contribution in [1.29, 1.82) is 0 Å². The molecule has 2 aromatic rings. The van der Waals surface area contributed by atoms with E-state index < -0.39 is 0 Å². The van der Waals surface area contributed by atoms with E-state index in [4.69, 9.17) is 22.1 Å². The quantitative estimate of drug-likeness (QED) is 0.620. The molecule has 0 aliphatic carbocycles. The Morgan fingerprint density at radius 1 is 1.37 bits per heavy atom. The molecule has 0 atom stereocenters. The Hall–Kier alpha value is -1.21. The second-order valence-electron chi connectivity index (χ2n) is 3.89. The number of halogens is 2. The van der Waals surface area contributed by atoms with Gasteiger partial charge in [-0.05, 0) is 46.4 Å². The van der Waals surface area contributed by atoms with Crippen LogP contribution in [0.25, 0.3) is 0 Å². The first kappa shape index (κ1) is 14.2. The Kier molecular flexibility index (Phi) is 4.71. The number of benzene rings is 1. The molecule has 6 heteroatoms. The number of methoxy groups -OCH3 is 1. The summed E-state index contributed by atoms with van der Waals surface area (Å²) in [6, 6.07) is 9.52. The Bertz CT molecular complexity index is 575. The molecule has 0 spiro atoms. The maximum atomic E-state index is 6.01. The fraction of sp³-hybridized carbons (Fsp3) is 0.154. The summed E-state index contributed by atoms with van der Waals surface area (Å²) in [5.74, 6) is 1.44. The van der Waals surface area contributed by atoms with Gasteiger partial charge in [-0.25, -0.2) is 4.98 Å². The van der Waals surface area contributed by atoms with Crippen molar-refractivity contribution in [2.24, 2.45) is 0 Å². The average molecular weight is 390 g/mol. The number of nitrogens with two attached hydrogens (primary N) is 1. The summed E-state index contributed by atoms with van der Waals surface area (Å²) >= 11 is 8.12. The molecule has 100 valence electrons. The van der Waals surface area contributed by atoms with Crippen LogP contribution in [0.3, 0.4) is 0 Å². The largest absolute Gasteiger partial charge is 0.497 e. The van der Waals surface area contributed by atoms with Gasteiger partial charge in [-0.15, -0.1) is 0 Å². The molecule has 0 saturated carbocycles. The molecular formula is C13H13ClIN3O. The summed E-state index contributed by atoms with van der Waals surface area (Å²) in [5.41, 5.74) is 7.46. The minimum Gasteiger partial charge on any atom is -0.497 e. The number of ether oxygens (including phenoxy) is 1. The first-order valence-electron chi connectivity index (χ1n) is 5.58. The standard InChI is InChI=1S/C13H13ClIN3O/c1-19-9-4-2-8(3-5-9)7-17-13-12(16)10(14)6-11(15)18-13/h2-6H,7,16H2,1H3,(H,17,18). The highest BCUT2D eigenvalue weighted by atomic mass is 127. The number of hydrogen-bond acceptors (Lipinski definition) is 4. The summed E-state index contributed by atoms with van der Waals surface area (Å²) in [7, 11) is 1.64. The molecule has 0 bridgehead atoms. The summed E-state index contributed by atoms with van der Waals surface area (Å²) < 4.78 is 5.91. The Morgan fingerprint density at radius 2 is 2.05 bits per heavy atom. The van der Waals surface area contributed by atoms with E-state index in [0.29, 0.717) is 23.1 Å². The number of nitrogen functional groups attached to an aromatic ring is 1. The van der Waals surface area contributed by atoms with Gasteiger partial charge >= 0.3 is 0 Å². The Balaban J connectivity index is 2.09. The fourth-order valence-electron chi connectivity index (χ4n) is 1.56. The lowest BCUT2D eigenvalue weighted by atomic mass is 10.2. The van der Waals surface area contributed by atoms with Crippen LogP contribution in [-0.2, 0) is 6.54 Å². The topological polar surface area (TPSA) is 60.2 Å². The van der Waals surface area contributed by atoms with E-state index in [1.54, 1.807) is 13.2 Å². The van der Waals surface area contributed by atoms with E-state index in [1.807, 2.05) is 24.3 Å². The Labute approximate surface area is 130 Å². The van der Waals surface area contributed by atoms with Crippen LogP contribution < -0.4 is 15.8 Å². The molecule has 0 saturated heterocycles. The zero-order chi connectivity index (χ0) is 13.8. The van der Waals surface area contributed by atoms with Crippen LogP contribution in [-0.4, -0.2) is 12.1 Å². The molecule has 3 N–H and O–H groups in total. The molecule has 1 aromatic carbocycles. The maximum absolute atomic E-state index is 6.01. The van der Waals surface area contributed by atoms with Gasteiger partial charge in [0.25, 0.3) is 0 Å². The van der Waals surface area contributed by atoms with Gasteiger partial charge in [-0.1, -0.05) is 23.7 Å². The third-order valence-electron chi connectivity index (χ3n) is 2.60. The van der Waals surface area contributed by atoms with Crippen molar-refractivity contribution in [3.63, 3.8) is 0 Å². The first-order valence-corrected chi connectivity index (χ1v) is 7.04. The van der Waals surface area contributed by atoms with Crippen LogP contribution in [0.1, 0.15) is 5.56 Å². The number of aromatic nitrogens is 1. The minimum absolute atomic E-state index is 0.468. The molecular weight excluding hydrogens is 377 g/mol. The molecule has 0 amide bonds. The number of pyridine rings is 1. The molecule has 0 radical (unpaired) electrons. The molecule has 0 aliphatic rings. The summed E-state index contributed by atoms with van der Waals surface area (Å²) in [4.78, 5) is 4.32. The third kappa shape index (κ3) is 3.63. The average Bonchev–Trinajstić information content (AvgIpc) is 2.41. The second-order valence-corrected chi connectivity index (χ2v) is 5.40. The number of nitrogens with zero attached hydrogens (tertiary/aromatic N) is 1. The Morgan fingerprint density at radius 3 is 2.68 bits per heavy atom. The van der Waals surface area contributed by atoms with E-state index in [2.05, 4.69) is 32.9 Å². The van der Waals surface area contributed by atoms with E-state index in [0.717, 1.165) is 15.0 Å². The third-order valence-corrected chi connectivity index (χ3v) is 3.46. The second kappa shape index (κ2) is 6.29. The van der Waals surface area contributed by atoms with Gasteiger partial charge in [-0.2, -0.15) is 0 Å². The lowest BCUT2D eigenvalue weighted by Crippen LogP contribution is -2.06. The maximum Gasteiger partial charge on any atom is 0.152 e. The predicted molar refractivity (Wildman–Crippen MR) is 86.7 cm³/mol. The molecule has 4 nitrogen and oxygen atoms in total. The minimum atomic E-state index is 0.468. The normalized spacial score (nSPS) is 10.3. The number of nitrogens with one attached hydrogen (secondary N) is 1. The fourth-order valence-corrected chi connectivity index (χ4v) is 2.49. The highest BCUT2D eigenvalue weighted by molar-refractivity contribution is 14.1.